The molecule has 132 valence electrons. The van der Waals surface area contributed by atoms with Gasteiger partial charge in [-0.15, -0.1) is 0 Å². The fraction of sp³-hybridized carbons (Fsp3) is 0.467. The van der Waals surface area contributed by atoms with Crippen molar-refractivity contribution in [2.75, 3.05) is 37.5 Å². The van der Waals surface area contributed by atoms with Crippen molar-refractivity contribution >= 4 is 27.4 Å². The molecule has 1 N–H and O–H groups in total. The van der Waals surface area contributed by atoms with Gasteiger partial charge in [0.15, 0.2) is 9.84 Å². The molecular formula is C15H19FN2O5S. The zero-order valence-electron chi connectivity index (χ0n) is 13.4. The van der Waals surface area contributed by atoms with E-state index in [0.29, 0.717) is 6.42 Å². The maximum absolute atomic E-state index is 13.8. The Bertz CT molecular complexity index is 750. The van der Waals surface area contributed by atoms with E-state index < -0.39 is 21.6 Å². The third kappa shape index (κ3) is 4.22. The summed E-state index contributed by atoms with van der Waals surface area (Å²) in [5, 5.41) is 2.63. The summed E-state index contributed by atoms with van der Waals surface area (Å²) in [6.07, 6.45) is 0.400. The largest absolute Gasteiger partial charge is 0.465 e. The molecule has 0 unspecified atom stereocenters. The maximum atomic E-state index is 13.8. The molecule has 1 saturated heterocycles. The average Bonchev–Trinajstić information content (AvgIpc) is 2.92. The standard InChI is InChI=1S/C15H19FN2O5S/c1-18(11-5-6-24(21,22)9-11)14(19)8-17-13-7-10(15(20)23-2)3-4-12(13)16/h3-4,7,11,17H,5-6,8-9H2,1-2H3/t11-/m1/s1. The molecule has 0 aromatic heterocycles. The Morgan fingerprint density at radius 3 is 2.71 bits per heavy atom. The summed E-state index contributed by atoms with van der Waals surface area (Å²) < 4.78 is 41.3. The molecule has 24 heavy (non-hydrogen) atoms. The predicted molar refractivity (Wildman–Crippen MR) is 86.1 cm³/mol. The van der Waals surface area contributed by atoms with E-state index in [-0.39, 0.29) is 41.3 Å². The summed E-state index contributed by atoms with van der Waals surface area (Å²) >= 11 is 0. The van der Waals surface area contributed by atoms with E-state index >= 15 is 0 Å². The summed E-state index contributed by atoms with van der Waals surface area (Å²) in [6, 6.07) is 3.28. The molecule has 0 bridgehead atoms. The molecular weight excluding hydrogens is 339 g/mol. The third-order valence-electron chi connectivity index (χ3n) is 3.97. The summed E-state index contributed by atoms with van der Waals surface area (Å²) in [5.74, 6) is -1.57. The first-order valence-corrected chi connectivity index (χ1v) is 9.13. The second-order valence-electron chi connectivity index (χ2n) is 5.60. The van der Waals surface area contributed by atoms with Crippen molar-refractivity contribution < 1.29 is 27.1 Å². The zero-order chi connectivity index (χ0) is 17.9. The van der Waals surface area contributed by atoms with E-state index in [1.807, 2.05) is 0 Å². The SMILES string of the molecule is COC(=O)c1ccc(F)c(NCC(=O)N(C)[C@@H]2CCS(=O)(=O)C2)c1. The lowest BCUT2D eigenvalue weighted by Crippen LogP contribution is -2.41. The van der Waals surface area contributed by atoms with Crippen LogP contribution >= 0.6 is 0 Å². The van der Waals surface area contributed by atoms with Gasteiger partial charge < -0.3 is 15.0 Å². The summed E-state index contributed by atoms with van der Waals surface area (Å²) in [4.78, 5) is 25.0. The molecule has 7 nitrogen and oxygen atoms in total. The highest BCUT2D eigenvalue weighted by molar-refractivity contribution is 7.91. The van der Waals surface area contributed by atoms with Crippen molar-refractivity contribution in [1.29, 1.82) is 0 Å². The van der Waals surface area contributed by atoms with Crippen molar-refractivity contribution in [3.63, 3.8) is 0 Å². The lowest BCUT2D eigenvalue weighted by atomic mass is 10.2. The molecule has 1 atom stereocenters. The number of likely N-dealkylation sites (N-methyl/N-ethyl adjacent to an activating group) is 1. The Balaban J connectivity index is 2.00. The summed E-state index contributed by atoms with van der Waals surface area (Å²) in [7, 11) is -0.352. The van der Waals surface area contributed by atoms with Crippen LogP contribution in [-0.2, 0) is 19.4 Å². The minimum absolute atomic E-state index is 0.00121. The van der Waals surface area contributed by atoms with Gasteiger partial charge in [-0.3, -0.25) is 4.79 Å². The Morgan fingerprint density at radius 1 is 1.42 bits per heavy atom. The molecule has 0 aliphatic carbocycles. The number of anilines is 1. The second kappa shape index (κ2) is 7.16. The number of carbonyl (C=O) groups is 2. The summed E-state index contributed by atoms with van der Waals surface area (Å²) in [6.45, 7) is -0.214. The van der Waals surface area contributed by atoms with Crippen LogP contribution in [0.25, 0.3) is 0 Å². The number of hydrogen-bond donors (Lipinski definition) is 1. The van der Waals surface area contributed by atoms with Crippen LogP contribution in [0.3, 0.4) is 0 Å². The van der Waals surface area contributed by atoms with Crippen LogP contribution < -0.4 is 5.32 Å². The lowest BCUT2D eigenvalue weighted by Gasteiger charge is -2.23. The van der Waals surface area contributed by atoms with Gasteiger partial charge in [-0.2, -0.15) is 0 Å². The number of methoxy groups -OCH3 is 1. The van der Waals surface area contributed by atoms with E-state index in [9.17, 15) is 22.4 Å². The van der Waals surface area contributed by atoms with Crippen LogP contribution in [0.5, 0.6) is 0 Å². The monoisotopic (exact) mass is 358 g/mol. The molecule has 1 heterocycles. The molecule has 1 aromatic carbocycles. The molecule has 1 amide bonds. The van der Waals surface area contributed by atoms with Crippen LogP contribution in [0.2, 0.25) is 0 Å². The normalized spacial score (nSPS) is 18.9. The first-order valence-electron chi connectivity index (χ1n) is 7.31. The molecule has 2 rings (SSSR count). The number of halogens is 1. The third-order valence-corrected chi connectivity index (χ3v) is 5.72. The summed E-state index contributed by atoms with van der Waals surface area (Å²) in [5.41, 5.74) is 0.155. The fourth-order valence-corrected chi connectivity index (χ4v) is 4.26. The van der Waals surface area contributed by atoms with Crippen LogP contribution in [-0.4, -0.2) is 63.4 Å². The number of nitrogens with one attached hydrogen (secondary N) is 1. The fourth-order valence-electron chi connectivity index (χ4n) is 2.49. The van der Waals surface area contributed by atoms with Crippen LogP contribution in [0.1, 0.15) is 16.8 Å². The van der Waals surface area contributed by atoms with Gasteiger partial charge in [0.05, 0.1) is 36.4 Å². The van der Waals surface area contributed by atoms with Crippen molar-refractivity contribution in [2.45, 2.75) is 12.5 Å². The maximum Gasteiger partial charge on any atom is 0.337 e. The Kier molecular flexibility index (Phi) is 5.43. The molecule has 0 radical (unpaired) electrons. The zero-order valence-corrected chi connectivity index (χ0v) is 14.2. The van der Waals surface area contributed by atoms with E-state index in [0.717, 1.165) is 6.07 Å². The highest BCUT2D eigenvalue weighted by Crippen LogP contribution is 2.18. The molecule has 0 spiro atoms. The van der Waals surface area contributed by atoms with Crippen molar-refractivity contribution in [1.82, 2.24) is 4.90 Å². The second-order valence-corrected chi connectivity index (χ2v) is 7.83. The number of benzene rings is 1. The van der Waals surface area contributed by atoms with Gasteiger partial charge >= 0.3 is 5.97 Å². The predicted octanol–water partition coefficient (Wildman–Crippen LogP) is 0.670. The molecule has 0 saturated carbocycles. The number of rotatable bonds is 5. The molecule has 1 aliphatic heterocycles. The Morgan fingerprint density at radius 2 is 2.12 bits per heavy atom. The van der Waals surface area contributed by atoms with E-state index in [1.165, 1.54) is 31.2 Å². The number of ether oxygens (including phenoxy) is 1. The minimum atomic E-state index is -3.09. The van der Waals surface area contributed by atoms with Gasteiger partial charge in [0.25, 0.3) is 0 Å². The first kappa shape index (κ1) is 18.2. The highest BCUT2D eigenvalue weighted by atomic mass is 32.2. The molecule has 9 heteroatoms. The number of nitrogens with zero attached hydrogens (tertiary/aromatic N) is 1. The Labute approximate surface area is 139 Å². The average molecular weight is 358 g/mol. The van der Waals surface area contributed by atoms with Crippen molar-refractivity contribution in [3.05, 3.63) is 29.6 Å². The molecule has 1 aromatic rings. The van der Waals surface area contributed by atoms with Crippen LogP contribution in [0.4, 0.5) is 10.1 Å². The molecule has 1 fully saturated rings. The Hall–Kier alpha value is -2.16. The van der Waals surface area contributed by atoms with Gasteiger partial charge in [0.1, 0.15) is 5.82 Å². The first-order chi connectivity index (χ1) is 11.2. The minimum Gasteiger partial charge on any atom is -0.465 e. The van der Waals surface area contributed by atoms with Gasteiger partial charge in [-0.05, 0) is 24.6 Å². The van der Waals surface area contributed by atoms with E-state index in [2.05, 4.69) is 10.1 Å². The quantitative estimate of drug-likeness (QED) is 0.778. The van der Waals surface area contributed by atoms with E-state index in [4.69, 9.17) is 0 Å². The van der Waals surface area contributed by atoms with Crippen LogP contribution in [0.15, 0.2) is 18.2 Å². The lowest BCUT2D eigenvalue weighted by molar-refractivity contribution is -0.129. The van der Waals surface area contributed by atoms with Crippen molar-refractivity contribution in [3.8, 4) is 0 Å². The number of esters is 1. The van der Waals surface area contributed by atoms with Gasteiger partial charge in [-0.25, -0.2) is 17.6 Å². The smallest absolute Gasteiger partial charge is 0.337 e. The topological polar surface area (TPSA) is 92.8 Å². The molecule has 1 aliphatic rings. The van der Waals surface area contributed by atoms with Gasteiger partial charge in [0, 0.05) is 13.1 Å². The number of hydrogen-bond acceptors (Lipinski definition) is 6. The van der Waals surface area contributed by atoms with E-state index in [1.54, 1.807) is 0 Å². The van der Waals surface area contributed by atoms with Crippen molar-refractivity contribution in [2.24, 2.45) is 0 Å². The van der Waals surface area contributed by atoms with Crippen LogP contribution in [0, 0.1) is 5.82 Å². The highest BCUT2D eigenvalue weighted by Gasteiger charge is 2.32. The number of carbonyl (C=O) groups excluding carboxylic acids is 2. The number of amides is 1. The van der Waals surface area contributed by atoms with Gasteiger partial charge in [0.2, 0.25) is 5.91 Å². The number of sulfone groups is 1. The van der Waals surface area contributed by atoms with Gasteiger partial charge in [-0.1, -0.05) is 0 Å².